The molecule has 0 aromatic rings. The molecule has 0 radical (unpaired) electrons. The molecule has 1 saturated heterocycles. The molecule has 0 bridgehead atoms. The maximum absolute atomic E-state index is 11.6. The fourth-order valence-corrected chi connectivity index (χ4v) is 1.93. The lowest BCUT2D eigenvalue weighted by molar-refractivity contribution is -0.285. The smallest absolute Gasteiger partial charge is 0.313 e. The highest BCUT2D eigenvalue weighted by atomic mass is 16.7. The van der Waals surface area contributed by atoms with E-state index >= 15 is 0 Å². The van der Waals surface area contributed by atoms with Gasteiger partial charge in [-0.2, -0.15) is 0 Å². The number of aliphatic hydroxyl groups excluding tert-OH is 1. The highest BCUT2D eigenvalue weighted by Gasteiger charge is 2.40. The summed E-state index contributed by atoms with van der Waals surface area (Å²) in [5.41, 5.74) is 0. The van der Waals surface area contributed by atoms with Crippen LogP contribution in [0.3, 0.4) is 0 Å². The number of hydrogen-bond donors (Lipinski definition) is 1. The maximum Gasteiger partial charge on any atom is 0.313 e. The largest absolute Gasteiger partial charge is 0.469 e. The van der Waals surface area contributed by atoms with Crippen LogP contribution in [-0.4, -0.2) is 42.8 Å². The number of methoxy groups -OCH3 is 1. The Kier molecular flexibility index (Phi) is 4.29. The van der Waals surface area contributed by atoms with Gasteiger partial charge in [0.25, 0.3) is 0 Å². The molecule has 0 aromatic heterocycles. The van der Waals surface area contributed by atoms with E-state index in [1.165, 1.54) is 7.11 Å². The average Bonchev–Trinajstić information content (AvgIpc) is 2.15. The van der Waals surface area contributed by atoms with Gasteiger partial charge in [0.2, 0.25) is 0 Å². The summed E-state index contributed by atoms with van der Waals surface area (Å²) in [5.74, 6) is -1.82. The van der Waals surface area contributed by atoms with Gasteiger partial charge in [-0.05, 0) is 27.2 Å². The van der Waals surface area contributed by atoms with Crippen molar-refractivity contribution in [3.8, 4) is 0 Å². The first-order chi connectivity index (χ1) is 7.37. The third-order valence-electron chi connectivity index (χ3n) is 2.68. The predicted octanol–water partition coefficient (Wildman–Crippen LogP) is 0.698. The van der Waals surface area contributed by atoms with Gasteiger partial charge < -0.3 is 19.3 Å². The summed E-state index contributed by atoms with van der Waals surface area (Å²) >= 11 is 0. The lowest BCUT2D eigenvalue weighted by Gasteiger charge is -2.39. The van der Waals surface area contributed by atoms with Crippen LogP contribution in [-0.2, 0) is 19.0 Å². The molecule has 0 aliphatic carbocycles. The quantitative estimate of drug-likeness (QED) is 0.725. The Hall–Kier alpha value is -0.650. The minimum Gasteiger partial charge on any atom is -0.469 e. The first-order valence-electron chi connectivity index (χ1n) is 5.45. The molecule has 1 N–H and O–H groups in total. The molecular formula is C11H20O5. The Balaban J connectivity index is 2.75. The van der Waals surface area contributed by atoms with Crippen LogP contribution in [0.5, 0.6) is 0 Å². The Morgan fingerprint density at radius 3 is 2.62 bits per heavy atom. The van der Waals surface area contributed by atoms with Gasteiger partial charge in [-0.25, -0.2) is 0 Å². The molecular weight excluding hydrogens is 212 g/mol. The Bertz CT molecular complexity index is 249. The number of ether oxygens (including phenoxy) is 3. The highest BCUT2D eigenvalue weighted by molar-refractivity contribution is 5.73. The van der Waals surface area contributed by atoms with Crippen LogP contribution in [0.1, 0.15) is 27.2 Å². The van der Waals surface area contributed by atoms with Crippen LogP contribution < -0.4 is 0 Å². The van der Waals surface area contributed by atoms with Gasteiger partial charge in [-0.15, -0.1) is 0 Å². The molecule has 5 heteroatoms. The van der Waals surface area contributed by atoms with Crippen LogP contribution in [0.15, 0.2) is 0 Å². The summed E-state index contributed by atoms with van der Waals surface area (Å²) in [6.45, 7) is 5.65. The molecule has 0 spiro atoms. The molecule has 3 atom stereocenters. The highest BCUT2D eigenvalue weighted by Crippen LogP contribution is 2.28. The van der Waals surface area contributed by atoms with Crippen LogP contribution in [0.25, 0.3) is 0 Å². The summed E-state index contributed by atoms with van der Waals surface area (Å²) in [4.78, 5) is 11.6. The van der Waals surface area contributed by atoms with Gasteiger partial charge in [-0.3, -0.25) is 4.79 Å². The van der Waals surface area contributed by atoms with Gasteiger partial charge in [0.05, 0.1) is 25.9 Å². The first kappa shape index (κ1) is 13.4. The van der Waals surface area contributed by atoms with Crippen LogP contribution in [0.4, 0.5) is 0 Å². The fourth-order valence-electron chi connectivity index (χ4n) is 1.93. The van der Waals surface area contributed by atoms with Crippen molar-refractivity contribution in [1.29, 1.82) is 0 Å². The normalized spacial score (nSPS) is 28.2. The van der Waals surface area contributed by atoms with Crippen LogP contribution in [0.2, 0.25) is 0 Å². The molecule has 1 aliphatic rings. The first-order valence-corrected chi connectivity index (χ1v) is 5.45. The molecule has 94 valence electrons. The van der Waals surface area contributed by atoms with Crippen LogP contribution in [0, 0.1) is 5.92 Å². The summed E-state index contributed by atoms with van der Waals surface area (Å²) in [6, 6.07) is 0. The van der Waals surface area contributed by atoms with E-state index in [4.69, 9.17) is 9.47 Å². The lowest BCUT2D eigenvalue weighted by atomic mass is 9.93. The van der Waals surface area contributed by atoms with Crippen molar-refractivity contribution in [2.45, 2.75) is 45.2 Å². The maximum atomic E-state index is 11.6. The molecule has 0 aromatic carbocycles. The van der Waals surface area contributed by atoms with Crippen molar-refractivity contribution in [2.75, 3.05) is 13.7 Å². The van der Waals surface area contributed by atoms with E-state index in [1.807, 2.05) is 0 Å². The molecule has 1 fully saturated rings. The van der Waals surface area contributed by atoms with Gasteiger partial charge in [0.15, 0.2) is 5.79 Å². The van der Waals surface area contributed by atoms with E-state index in [2.05, 4.69) is 4.74 Å². The summed E-state index contributed by atoms with van der Waals surface area (Å²) in [5, 5.41) is 9.61. The van der Waals surface area contributed by atoms with Crippen molar-refractivity contribution in [1.82, 2.24) is 0 Å². The van der Waals surface area contributed by atoms with E-state index in [0.29, 0.717) is 13.0 Å². The Morgan fingerprint density at radius 1 is 1.56 bits per heavy atom. The van der Waals surface area contributed by atoms with Gasteiger partial charge in [0.1, 0.15) is 5.92 Å². The predicted molar refractivity (Wildman–Crippen MR) is 56.7 cm³/mol. The lowest BCUT2D eigenvalue weighted by Crippen LogP contribution is -2.48. The minimum atomic E-state index is -0.800. The van der Waals surface area contributed by atoms with Crippen molar-refractivity contribution in [2.24, 2.45) is 5.92 Å². The molecule has 5 nitrogen and oxygen atoms in total. The van der Waals surface area contributed by atoms with Gasteiger partial charge >= 0.3 is 5.97 Å². The van der Waals surface area contributed by atoms with Gasteiger partial charge in [0, 0.05) is 0 Å². The van der Waals surface area contributed by atoms with Crippen LogP contribution >= 0.6 is 0 Å². The molecule has 1 rings (SSSR count). The molecule has 0 amide bonds. The average molecular weight is 232 g/mol. The summed E-state index contributed by atoms with van der Waals surface area (Å²) in [7, 11) is 1.31. The van der Waals surface area contributed by atoms with E-state index in [9.17, 15) is 9.90 Å². The van der Waals surface area contributed by atoms with Gasteiger partial charge in [-0.1, -0.05) is 0 Å². The molecule has 1 aliphatic heterocycles. The number of carbonyl (C=O) groups is 1. The number of rotatable bonds is 3. The Morgan fingerprint density at radius 2 is 2.19 bits per heavy atom. The van der Waals surface area contributed by atoms with E-state index in [1.54, 1.807) is 20.8 Å². The molecule has 1 heterocycles. The topological polar surface area (TPSA) is 65.0 Å². The van der Waals surface area contributed by atoms with Crippen molar-refractivity contribution >= 4 is 5.97 Å². The molecule has 3 unspecified atom stereocenters. The third kappa shape index (κ3) is 3.17. The van der Waals surface area contributed by atoms with Crippen molar-refractivity contribution in [3.05, 3.63) is 0 Å². The summed E-state index contributed by atoms with van der Waals surface area (Å²) in [6.07, 6.45) is -0.587. The van der Waals surface area contributed by atoms with E-state index in [0.717, 1.165) is 0 Å². The second kappa shape index (κ2) is 5.12. The number of hydrogen-bond acceptors (Lipinski definition) is 5. The fraction of sp³-hybridized carbons (Fsp3) is 0.909. The zero-order valence-corrected chi connectivity index (χ0v) is 10.2. The zero-order valence-electron chi connectivity index (χ0n) is 10.2. The van der Waals surface area contributed by atoms with E-state index in [-0.39, 0.29) is 6.10 Å². The monoisotopic (exact) mass is 232 g/mol. The molecule has 0 saturated carbocycles. The summed E-state index contributed by atoms with van der Waals surface area (Å²) < 4.78 is 15.7. The second-order valence-corrected chi connectivity index (χ2v) is 4.48. The Labute approximate surface area is 95.7 Å². The SMILES string of the molecule is COC(=O)C(C(C)O)C1CCOC(C)(C)O1. The standard InChI is InChI=1S/C11H20O5/c1-7(12)9(10(13)14-4)8-5-6-15-11(2,3)16-8/h7-9,12H,5-6H2,1-4H3. The minimum absolute atomic E-state index is 0.365. The number of esters is 1. The third-order valence-corrected chi connectivity index (χ3v) is 2.68. The number of carbonyl (C=O) groups excluding carboxylic acids is 1. The second-order valence-electron chi connectivity index (χ2n) is 4.48. The van der Waals surface area contributed by atoms with Crippen molar-refractivity contribution < 1.29 is 24.1 Å². The number of aliphatic hydroxyl groups is 1. The zero-order chi connectivity index (χ0) is 12.3. The van der Waals surface area contributed by atoms with E-state index < -0.39 is 23.8 Å². The van der Waals surface area contributed by atoms with Crippen molar-refractivity contribution in [3.63, 3.8) is 0 Å². The molecule has 16 heavy (non-hydrogen) atoms.